The van der Waals surface area contributed by atoms with Crippen molar-refractivity contribution in [2.45, 2.75) is 39.2 Å². The normalized spacial score (nSPS) is 15.3. The van der Waals surface area contributed by atoms with Gasteiger partial charge in [0.05, 0.1) is 0 Å². The number of rotatable bonds is 4. The van der Waals surface area contributed by atoms with Gasteiger partial charge in [0.15, 0.2) is 5.60 Å². The second-order valence-electron chi connectivity index (χ2n) is 5.40. The molecule has 3 heteroatoms. The number of carboxylic acid groups (broad SMARTS) is 1. The summed E-state index contributed by atoms with van der Waals surface area (Å²) >= 11 is 0. The standard InChI is InChI=1S/C14H20O3/c1-13(2,3)14(17,12(15)16)10-9-11-7-5-4-6-8-11/h4-8,17H,9-10H2,1-3H3,(H,15,16). The fraction of sp³-hybridized carbons (Fsp3) is 0.500. The second-order valence-corrected chi connectivity index (χ2v) is 5.40. The molecule has 1 atom stereocenters. The number of carbonyl (C=O) groups is 1. The van der Waals surface area contributed by atoms with E-state index in [1.54, 1.807) is 20.8 Å². The van der Waals surface area contributed by atoms with Gasteiger partial charge in [-0.05, 0) is 18.4 Å². The van der Waals surface area contributed by atoms with Gasteiger partial charge in [-0.1, -0.05) is 51.1 Å². The minimum atomic E-state index is -1.69. The lowest BCUT2D eigenvalue weighted by Crippen LogP contribution is -2.50. The highest BCUT2D eigenvalue weighted by molar-refractivity contribution is 5.78. The van der Waals surface area contributed by atoms with Crippen molar-refractivity contribution in [3.63, 3.8) is 0 Å². The van der Waals surface area contributed by atoms with Crippen molar-refractivity contribution in [2.75, 3.05) is 0 Å². The Balaban J connectivity index is 2.80. The molecule has 0 bridgehead atoms. The number of hydrogen-bond acceptors (Lipinski definition) is 2. The molecule has 0 aromatic heterocycles. The second kappa shape index (κ2) is 4.88. The lowest BCUT2D eigenvalue weighted by atomic mass is 9.73. The molecule has 2 N–H and O–H groups in total. The summed E-state index contributed by atoms with van der Waals surface area (Å²) in [5, 5.41) is 19.5. The van der Waals surface area contributed by atoms with Crippen LogP contribution in [0.2, 0.25) is 0 Å². The maximum absolute atomic E-state index is 11.2. The smallest absolute Gasteiger partial charge is 0.336 e. The zero-order valence-corrected chi connectivity index (χ0v) is 10.6. The van der Waals surface area contributed by atoms with Crippen molar-refractivity contribution in [1.29, 1.82) is 0 Å². The van der Waals surface area contributed by atoms with Crippen molar-refractivity contribution in [1.82, 2.24) is 0 Å². The number of hydrogen-bond donors (Lipinski definition) is 2. The molecule has 0 spiro atoms. The Hall–Kier alpha value is -1.35. The van der Waals surface area contributed by atoms with E-state index in [9.17, 15) is 15.0 Å². The summed E-state index contributed by atoms with van der Waals surface area (Å²) in [5.41, 5.74) is -1.34. The summed E-state index contributed by atoms with van der Waals surface area (Å²) in [7, 11) is 0. The van der Waals surface area contributed by atoms with Crippen molar-refractivity contribution in [3.05, 3.63) is 35.9 Å². The van der Waals surface area contributed by atoms with Gasteiger partial charge in [0, 0.05) is 5.41 Å². The summed E-state index contributed by atoms with van der Waals surface area (Å²) in [4.78, 5) is 11.2. The summed E-state index contributed by atoms with van der Waals surface area (Å²) in [5.74, 6) is -1.15. The molecule has 0 aliphatic carbocycles. The Morgan fingerprint density at radius 1 is 1.18 bits per heavy atom. The highest BCUT2D eigenvalue weighted by Crippen LogP contribution is 2.34. The maximum Gasteiger partial charge on any atom is 0.336 e. The molecule has 1 unspecified atom stereocenters. The molecule has 0 aliphatic heterocycles. The minimum absolute atomic E-state index is 0.218. The Kier molecular flexibility index (Phi) is 3.94. The van der Waals surface area contributed by atoms with Crippen LogP contribution in [-0.2, 0) is 11.2 Å². The zero-order valence-electron chi connectivity index (χ0n) is 10.6. The number of aliphatic carboxylic acids is 1. The highest BCUT2D eigenvalue weighted by Gasteiger charge is 2.46. The zero-order chi connectivity index (χ0) is 13.1. The van der Waals surface area contributed by atoms with Gasteiger partial charge in [0.2, 0.25) is 0 Å². The van der Waals surface area contributed by atoms with Crippen molar-refractivity contribution in [3.8, 4) is 0 Å². The molecule has 0 fully saturated rings. The molecule has 1 aromatic rings. The van der Waals surface area contributed by atoms with Crippen LogP contribution in [0.4, 0.5) is 0 Å². The lowest BCUT2D eigenvalue weighted by molar-refractivity contribution is -0.172. The van der Waals surface area contributed by atoms with Gasteiger partial charge in [-0.2, -0.15) is 0 Å². The monoisotopic (exact) mass is 236 g/mol. The van der Waals surface area contributed by atoms with Crippen LogP contribution in [0.1, 0.15) is 32.8 Å². The Morgan fingerprint density at radius 3 is 2.12 bits per heavy atom. The van der Waals surface area contributed by atoms with Crippen LogP contribution in [-0.4, -0.2) is 21.8 Å². The van der Waals surface area contributed by atoms with Gasteiger partial charge in [0.25, 0.3) is 0 Å². The molecule has 1 rings (SSSR count). The molecule has 0 aliphatic rings. The van der Waals surface area contributed by atoms with Crippen LogP contribution in [0.15, 0.2) is 30.3 Å². The van der Waals surface area contributed by atoms with Crippen LogP contribution in [0.3, 0.4) is 0 Å². The molecule has 3 nitrogen and oxygen atoms in total. The highest BCUT2D eigenvalue weighted by atomic mass is 16.4. The van der Waals surface area contributed by atoms with Gasteiger partial charge in [0.1, 0.15) is 0 Å². The van der Waals surface area contributed by atoms with Crippen molar-refractivity contribution < 1.29 is 15.0 Å². The predicted molar refractivity (Wildman–Crippen MR) is 66.8 cm³/mol. The van der Waals surface area contributed by atoms with Crippen molar-refractivity contribution in [2.24, 2.45) is 5.41 Å². The van der Waals surface area contributed by atoms with E-state index in [1.165, 1.54) is 0 Å². The average molecular weight is 236 g/mol. The number of carboxylic acids is 1. The van der Waals surface area contributed by atoms with Gasteiger partial charge < -0.3 is 10.2 Å². The molecular weight excluding hydrogens is 216 g/mol. The Labute approximate surface area is 102 Å². The topological polar surface area (TPSA) is 57.5 Å². The van der Waals surface area contributed by atoms with Gasteiger partial charge >= 0.3 is 5.97 Å². The van der Waals surface area contributed by atoms with Gasteiger partial charge in [-0.25, -0.2) is 4.79 Å². The third-order valence-electron chi connectivity index (χ3n) is 3.21. The Bertz CT molecular complexity index is 378. The predicted octanol–water partition coefficient (Wildman–Crippen LogP) is 2.48. The molecule has 0 radical (unpaired) electrons. The quantitative estimate of drug-likeness (QED) is 0.844. The van der Waals surface area contributed by atoms with E-state index in [2.05, 4.69) is 0 Å². The van der Waals surface area contributed by atoms with E-state index in [4.69, 9.17) is 0 Å². The molecule has 94 valence electrons. The fourth-order valence-electron chi connectivity index (χ4n) is 1.77. The van der Waals surface area contributed by atoms with E-state index in [1.807, 2.05) is 30.3 Å². The molecule has 0 amide bonds. The van der Waals surface area contributed by atoms with Crippen LogP contribution >= 0.6 is 0 Å². The summed E-state index contributed by atoms with van der Waals surface area (Å²) in [6, 6.07) is 9.60. The van der Waals surface area contributed by atoms with Gasteiger partial charge in [-0.3, -0.25) is 0 Å². The maximum atomic E-state index is 11.2. The first-order chi connectivity index (χ1) is 7.77. The largest absolute Gasteiger partial charge is 0.479 e. The molecule has 17 heavy (non-hydrogen) atoms. The summed E-state index contributed by atoms with van der Waals surface area (Å²) < 4.78 is 0. The van der Waals surface area contributed by atoms with Crippen molar-refractivity contribution >= 4 is 5.97 Å². The third kappa shape index (κ3) is 3.07. The van der Waals surface area contributed by atoms with E-state index >= 15 is 0 Å². The SMILES string of the molecule is CC(C)(C)C(O)(CCc1ccccc1)C(=O)O. The summed E-state index contributed by atoms with van der Waals surface area (Å²) in [6.45, 7) is 5.23. The molecule has 0 saturated heterocycles. The van der Waals surface area contributed by atoms with E-state index < -0.39 is 17.0 Å². The van der Waals surface area contributed by atoms with Crippen LogP contribution in [0.25, 0.3) is 0 Å². The number of aliphatic hydroxyl groups is 1. The molecular formula is C14H20O3. The number of aryl methyl sites for hydroxylation is 1. The fourth-order valence-corrected chi connectivity index (χ4v) is 1.77. The van der Waals surface area contributed by atoms with Crippen LogP contribution in [0, 0.1) is 5.41 Å². The summed E-state index contributed by atoms with van der Waals surface area (Å²) in [6.07, 6.45) is 0.775. The number of benzene rings is 1. The van der Waals surface area contributed by atoms with E-state index in [0.29, 0.717) is 6.42 Å². The molecule has 0 saturated carbocycles. The molecule has 1 aromatic carbocycles. The van der Waals surface area contributed by atoms with E-state index in [-0.39, 0.29) is 6.42 Å². The first-order valence-electron chi connectivity index (χ1n) is 5.77. The van der Waals surface area contributed by atoms with Crippen LogP contribution < -0.4 is 0 Å². The van der Waals surface area contributed by atoms with Crippen LogP contribution in [0.5, 0.6) is 0 Å². The molecule has 0 heterocycles. The third-order valence-corrected chi connectivity index (χ3v) is 3.21. The first-order valence-corrected chi connectivity index (χ1v) is 5.77. The Morgan fingerprint density at radius 2 is 1.71 bits per heavy atom. The lowest BCUT2D eigenvalue weighted by Gasteiger charge is -2.36. The first kappa shape index (κ1) is 13.7. The average Bonchev–Trinajstić information content (AvgIpc) is 2.25. The van der Waals surface area contributed by atoms with E-state index in [0.717, 1.165) is 5.56 Å². The van der Waals surface area contributed by atoms with Gasteiger partial charge in [-0.15, -0.1) is 0 Å². The minimum Gasteiger partial charge on any atom is -0.479 e.